The standard InChI is InChI=1S/C18H24N2S/c1-3-20(18-7-5-4-6-14(18)2)13-17-11-10-16(21-17)12-19-15-8-9-15/h4-7,10-11,15,19H,3,8-9,12-13H2,1-2H3. The van der Waals surface area contributed by atoms with Crippen molar-refractivity contribution in [3.05, 3.63) is 51.7 Å². The van der Waals surface area contributed by atoms with E-state index in [1.54, 1.807) is 0 Å². The molecule has 2 aromatic rings. The predicted octanol–water partition coefficient (Wildman–Crippen LogP) is 4.34. The van der Waals surface area contributed by atoms with Crippen molar-refractivity contribution in [2.24, 2.45) is 0 Å². The van der Waals surface area contributed by atoms with Gasteiger partial charge in [0.2, 0.25) is 0 Å². The summed E-state index contributed by atoms with van der Waals surface area (Å²) >= 11 is 1.94. The lowest BCUT2D eigenvalue weighted by molar-refractivity contribution is 0.695. The lowest BCUT2D eigenvalue weighted by Gasteiger charge is -2.24. The van der Waals surface area contributed by atoms with Crippen molar-refractivity contribution in [3.63, 3.8) is 0 Å². The van der Waals surface area contributed by atoms with E-state index in [9.17, 15) is 0 Å². The molecule has 0 atom stereocenters. The number of hydrogen-bond acceptors (Lipinski definition) is 3. The molecule has 0 radical (unpaired) electrons. The van der Waals surface area contributed by atoms with E-state index in [1.807, 2.05) is 11.3 Å². The van der Waals surface area contributed by atoms with Crippen LogP contribution in [0.25, 0.3) is 0 Å². The second kappa shape index (κ2) is 6.63. The highest BCUT2D eigenvalue weighted by molar-refractivity contribution is 7.12. The highest BCUT2D eigenvalue weighted by atomic mass is 32.1. The van der Waals surface area contributed by atoms with Crippen LogP contribution in [-0.4, -0.2) is 12.6 Å². The van der Waals surface area contributed by atoms with Gasteiger partial charge in [0.1, 0.15) is 0 Å². The van der Waals surface area contributed by atoms with Crippen LogP contribution in [0.2, 0.25) is 0 Å². The third-order valence-electron chi connectivity index (χ3n) is 4.04. The van der Waals surface area contributed by atoms with Crippen LogP contribution >= 0.6 is 11.3 Å². The van der Waals surface area contributed by atoms with Crippen LogP contribution in [0.15, 0.2) is 36.4 Å². The topological polar surface area (TPSA) is 15.3 Å². The molecule has 0 bridgehead atoms. The van der Waals surface area contributed by atoms with Crippen LogP contribution in [0.1, 0.15) is 35.1 Å². The van der Waals surface area contributed by atoms with Gasteiger partial charge in [-0.3, -0.25) is 0 Å². The van der Waals surface area contributed by atoms with E-state index in [0.717, 1.165) is 25.7 Å². The fraction of sp³-hybridized carbons (Fsp3) is 0.444. The molecule has 0 aliphatic heterocycles. The van der Waals surface area contributed by atoms with Gasteiger partial charge in [-0.05, 0) is 50.5 Å². The molecule has 1 fully saturated rings. The Labute approximate surface area is 131 Å². The van der Waals surface area contributed by atoms with Crippen molar-refractivity contribution in [3.8, 4) is 0 Å². The fourth-order valence-electron chi connectivity index (χ4n) is 2.61. The summed E-state index contributed by atoms with van der Waals surface area (Å²) in [5.41, 5.74) is 2.71. The number of para-hydroxylation sites is 1. The summed E-state index contributed by atoms with van der Waals surface area (Å²) in [6, 6.07) is 14.0. The lowest BCUT2D eigenvalue weighted by Crippen LogP contribution is -2.22. The maximum atomic E-state index is 3.59. The van der Waals surface area contributed by atoms with E-state index in [2.05, 4.69) is 60.5 Å². The summed E-state index contributed by atoms with van der Waals surface area (Å²) < 4.78 is 0. The van der Waals surface area contributed by atoms with Gasteiger partial charge in [-0.1, -0.05) is 18.2 Å². The molecule has 21 heavy (non-hydrogen) atoms. The molecule has 0 saturated heterocycles. The first-order valence-corrected chi connectivity index (χ1v) is 8.69. The average Bonchev–Trinajstić information content (AvgIpc) is 3.22. The van der Waals surface area contributed by atoms with Crippen LogP contribution in [0.3, 0.4) is 0 Å². The lowest BCUT2D eigenvalue weighted by atomic mass is 10.2. The number of hydrogen-bond donors (Lipinski definition) is 1. The van der Waals surface area contributed by atoms with Crippen molar-refractivity contribution < 1.29 is 0 Å². The van der Waals surface area contributed by atoms with Gasteiger partial charge < -0.3 is 10.2 Å². The summed E-state index contributed by atoms with van der Waals surface area (Å²) in [6.07, 6.45) is 2.71. The van der Waals surface area contributed by atoms with E-state index in [0.29, 0.717) is 0 Å². The van der Waals surface area contributed by atoms with Gasteiger partial charge in [-0.2, -0.15) is 0 Å². The van der Waals surface area contributed by atoms with Crippen molar-refractivity contribution >= 4 is 17.0 Å². The molecule has 3 heteroatoms. The van der Waals surface area contributed by atoms with Crippen LogP contribution in [-0.2, 0) is 13.1 Å². The Morgan fingerprint density at radius 2 is 1.90 bits per heavy atom. The van der Waals surface area contributed by atoms with Crippen LogP contribution in [0.5, 0.6) is 0 Å². The molecule has 3 rings (SSSR count). The molecule has 1 aliphatic rings. The van der Waals surface area contributed by atoms with Gasteiger partial charge in [0.15, 0.2) is 0 Å². The molecular formula is C18H24N2S. The van der Waals surface area contributed by atoms with Gasteiger partial charge in [-0.15, -0.1) is 11.3 Å². The van der Waals surface area contributed by atoms with Crippen LogP contribution in [0, 0.1) is 6.92 Å². The SMILES string of the molecule is CCN(Cc1ccc(CNC2CC2)s1)c1ccccc1C. The second-order valence-electron chi connectivity index (χ2n) is 5.82. The zero-order valence-corrected chi connectivity index (χ0v) is 13.7. The number of nitrogens with zero attached hydrogens (tertiary/aromatic N) is 1. The quantitative estimate of drug-likeness (QED) is 0.818. The Morgan fingerprint density at radius 3 is 2.62 bits per heavy atom. The van der Waals surface area contributed by atoms with Gasteiger partial charge >= 0.3 is 0 Å². The molecule has 0 amide bonds. The van der Waals surface area contributed by atoms with Gasteiger partial charge in [0.05, 0.1) is 6.54 Å². The zero-order valence-electron chi connectivity index (χ0n) is 12.9. The minimum absolute atomic E-state index is 0.787. The summed E-state index contributed by atoms with van der Waals surface area (Å²) in [5.74, 6) is 0. The van der Waals surface area contributed by atoms with Crippen molar-refractivity contribution in [2.45, 2.75) is 45.8 Å². The molecule has 0 spiro atoms. The van der Waals surface area contributed by atoms with Crippen molar-refractivity contribution in [1.29, 1.82) is 0 Å². The smallest absolute Gasteiger partial charge is 0.0522 e. The Bertz CT molecular complexity index is 586. The number of rotatable bonds is 7. The fourth-order valence-corrected chi connectivity index (χ4v) is 3.59. The van der Waals surface area contributed by atoms with Crippen molar-refractivity contribution in [1.82, 2.24) is 5.32 Å². The summed E-state index contributed by atoms with van der Waals surface area (Å²) in [4.78, 5) is 5.37. The molecule has 1 aromatic carbocycles. The Balaban J connectivity index is 1.64. The average molecular weight is 300 g/mol. The summed E-state index contributed by atoms with van der Waals surface area (Å²) in [7, 11) is 0. The highest BCUT2D eigenvalue weighted by Crippen LogP contribution is 2.25. The zero-order chi connectivity index (χ0) is 14.7. The van der Waals surface area contributed by atoms with E-state index in [4.69, 9.17) is 0 Å². The number of thiophene rings is 1. The first kappa shape index (κ1) is 14.6. The van der Waals surface area contributed by atoms with E-state index in [1.165, 1.54) is 33.8 Å². The minimum Gasteiger partial charge on any atom is -0.366 e. The van der Waals surface area contributed by atoms with Gasteiger partial charge in [0.25, 0.3) is 0 Å². The van der Waals surface area contributed by atoms with E-state index >= 15 is 0 Å². The Morgan fingerprint density at radius 1 is 1.14 bits per heavy atom. The van der Waals surface area contributed by atoms with E-state index < -0.39 is 0 Å². The number of aryl methyl sites for hydroxylation is 1. The summed E-state index contributed by atoms with van der Waals surface area (Å²) in [6.45, 7) is 7.51. The predicted molar refractivity (Wildman–Crippen MR) is 92.1 cm³/mol. The first-order chi connectivity index (χ1) is 10.3. The number of nitrogens with one attached hydrogen (secondary N) is 1. The van der Waals surface area contributed by atoms with Crippen LogP contribution in [0.4, 0.5) is 5.69 Å². The molecule has 1 N–H and O–H groups in total. The maximum absolute atomic E-state index is 3.59. The first-order valence-electron chi connectivity index (χ1n) is 7.88. The Hall–Kier alpha value is -1.32. The van der Waals surface area contributed by atoms with Crippen molar-refractivity contribution in [2.75, 3.05) is 11.4 Å². The monoisotopic (exact) mass is 300 g/mol. The van der Waals surface area contributed by atoms with Crippen LogP contribution < -0.4 is 10.2 Å². The third-order valence-corrected chi connectivity index (χ3v) is 5.11. The second-order valence-corrected chi connectivity index (χ2v) is 7.08. The molecule has 2 nitrogen and oxygen atoms in total. The maximum Gasteiger partial charge on any atom is 0.0522 e. The molecule has 1 saturated carbocycles. The molecule has 112 valence electrons. The largest absolute Gasteiger partial charge is 0.366 e. The molecular weight excluding hydrogens is 276 g/mol. The van der Waals surface area contributed by atoms with Gasteiger partial charge in [-0.25, -0.2) is 0 Å². The number of benzene rings is 1. The third kappa shape index (κ3) is 3.86. The summed E-state index contributed by atoms with van der Waals surface area (Å²) in [5, 5.41) is 3.59. The van der Waals surface area contributed by atoms with E-state index in [-0.39, 0.29) is 0 Å². The molecule has 1 aromatic heterocycles. The number of anilines is 1. The normalized spacial score (nSPS) is 14.4. The molecule has 1 aliphatic carbocycles. The van der Waals surface area contributed by atoms with Gasteiger partial charge in [0, 0.05) is 34.6 Å². The molecule has 0 unspecified atom stereocenters. The molecule has 1 heterocycles. The Kier molecular flexibility index (Phi) is 4.61. The highest BCUT2D eigenvalue weighted by Gasteiger charge is 2.20. The minimum atomic E-state index is 0.787.